The predicted octanol–water partition coefficient (Wildman–Crippen LogP) is 1.81. The molecule has 116 valence electrons. The highest BCUT2D eigenvalue weighted by Gasteiger charge is 2.18. The van der Waals surface area contributed by atoms with Crippen LogP contribution in [0.5, 0.6) is 0 Å². The third-order valence-corrected chi connectivity index (χ3v) is 3.56. The maximum Gasteiger partial charge on any atom is 0.255 e. The molecule has 5 nitrogen and oxygen atoms in total. The van der Waals surface area contributed by atoms with Crippen molar-refractivity contribution < 1.29 is 18.7 Å². The normalized spacial score (nSPS) is 10.3. The van der Waals surface area contributed by atoms with Crippen molar-refractivity contribution >= 4 is 27.7 Å². The molecular weight excluding hydrogens is 343 g/mol. The summed E-state index contributed by atoms with van der Waals surface area (Å²) in [4.78, 5) is 25.1. The Balaban J connectivity index is 2.55. The molecule has 0 unspecified atom stereocenters. The summed E-state index contributed by atoms with van der Waals surface area (Å²) in [7, 11) is 3.08. The van der Waals surface area contributed by atoms with E-state index in [1.165, 1.54) is 30.1 Å². The molecule has 1 aromatic rings. The molecule has 0 atom stereocenters. The van der Waals surface area contributed by atoms with Gasteiger partial charge in [0.05, 0.1) is 16.6 Å². The van der Waals surface area contributed by atoms with Crippen LogP contribution < -0.4 is 5.32 Å². The Morgan fingerprint density at radius 3 is 2.81 bits per heavy atom. The van der Waals surface area contributed by atoms with Gasteiger partial charge >= 0.3 is 0 Å². The average molecular weight is 361 g/mol. The van der Waals surface area contributed by atoms with Crippen molar-refractivity contribution in [3.63, 3.8) is 0 Å². The number of hydrogen-bond acceptors (Lipinski definition) is 3. The van der Waals surface area contributed by atoms with Gasteiger partial charge in [-0.15, -0.1) is 0 Å². The van der Waals surface area contributed by atoms with Crippen LogP contribution in [-0.4, -0.2) is 50.6 Å². The van der Waals surface area contributed by atoms with Gasteiger partial charge in [-0.05, 0) is 34.5 Å². The molecule has 1 rings (SSSR count). The number of nitrogens with one attached hydrogen (secondary N) is 1. The van der Waals surface area contributed by atoms with E-state index in [0.29, 0.717) is 19.6 Å². The van der Waals surface area contributed by atoms with Crippen LogP contribution >= 0.6 is 15.9 Å². The van der Waals surface area contributed by atoms with Gasteiger partial charge in [0.1, 0.15) is 5.82 Å². The van der Waals surface area contributed by atoms with Crippen molar-refractivity contribution in [3.8, 4) is 0 Å². The summed E-state index contributed by atoms with van der Waals surface area (Å²) in [5.41, 5.74) is 0.185. The molecule has 0 saturated heterocycles. The lowest BCUT2D eigenvalue weighted by Crippen LogP contribution is -2.39. The quantitative estimate of drug-likeness (QED) is 0.754. The minimum atomic E-state index is -0.515. The third kappa shape index (κ3) is 5.43. The SMILES string of the molecule is COCCCNC(=O)CN(C)C(=O)c1cccc(F)c1Br. The van der Waals surface area contributed by atoms with Crippen LogP contribution in [0.1, 0.15) is 16.8 Å². The largest absolute Gasteiger partial charge is 0.385 e. The molecule has 0 aliphatic heterocycles. The fourth-order valence-electron chi connectivity index (χ4n) is 1.66. The first-order valence-corrected chi connectivity index (χ1v) is 7.21. The first-order chi connectivity index (χ1) is 9.97. The van der Waals surface area contributed by atoms with Gasteiger partial charge < -0.3 is 15.0 Å². The molecule has 7 heteroatoms. The molecule has 0 bridgehead atoms. The fraction of sp³-hybridized carbons (Fsp3) is 0.429. The number of ether oxygens (including phenoxy) is 1. The van der Waals surface area contributed by atoms with Crippen LogP contribution in [0.2, 0.25) is 0 Å². The van der Waals surface area contributed by atoms with Crippen molar-refractivity contribution in [3.05, 3.63) is 34.1 Å². The van der Waals surface area contributed by atoms with E-state index in [1.807, 2.05) is 0 Å². The molecule has 0 aromatic heterocycles. The number of methoxy groups -OCH3 is 1. The van der Waals surface area contributed by atoms with Gasteiger partial charge in [0.15, 0.2) is 0 Å². The van der Waals surface area contributed by atoms with Crippen LogP contribution in [0.4, 0.5) is 4.39 Å². The monoisotopic (exact) mass is 360 g/mol. The Bertz CT molecular complexity index is 511. The van der Waals surface area contributed by atoms with E-state index in [-0.39, 0.29) is 22.5 Å². The third-order valence-electron chi connectivity index (χ3n) is 2.76. The van der Waals surface area contributed by atoms with Gasteiger partial charge in [0, 0.05) is 27.3 Å². The molecule has 0 fully saturated rings. The van der Waals surface area contributed by atoms with Crippen LogP contribution in [0.25, 0.3) is 0 Å². The molecule has 0 spiro atoms. The molecular formula is C14H18BrFN2O3. The summed E-state index contributed by atoms with van der Waals surface area (Å²) in [6.45, 7) is 0.957. The van der Waals surface area contributed by atoms with Crippen LogP contribution in [-0.2, 0) is 9.53 Å². The maximum absolute atomic E-state index is 13.4. The molecule has 1 aromatic carbocycles. The molecule has 0 radical (unpaired) electrons. The molecule has 0 aliphatic rings. The zero-order valence-electron chi connectivity index (χ0n) is 12.0. The number of benzene rings is 1. The first kappa shape index (κ1) is 17.6. The van der Waals surface area contributed by atoms with Crippen molar-refractivity contribution in [1.82, 2.24) is 10.2 Å². The van der Waals surface area contributed by atoms with Crippen LogP contribution in [0.15, 0.2) is 22.7 Å². The Morgan fingerprint density at radius 1 is 1.43 bits per heavy atom. The van der Waals surface area contributed by atoms with E-state index in [4.69, 9.17) is 4.74 Å². The summed E-state index contributed by atoms with van der Waals surface area (Å²) in [6.07, 6.45) is 0.704. The van der Waals surface area contributed by atoms with Gasteiger partial charge in [0.2, 0.25) is 5.91 Å². The Morgan fingerprint density at radius 2 is 2.14 bits per heavy atom. The average Bonchev–Trinajstić information content (AvgIpc) is 2.45. The maximum atomic E-state index is 13.4. The lowest BCUT2D eigenvalue weighted by Gasteiger charge is -2.17. The highest BCUT2D eigenvalue weighted by molar-refractivity contribution is 9.10. The number of halogens is 2. The molecule has 0 saturated carbocycles. The summed E-state index contributed by atoms with van der Waals surface area (Å²) in [6, 6.07) is 4.21. The zero-order chi connectivity index (χ0) is 15.8. The van der Waals surface area contributed by atoms with Gasteiger partial charge in [-0.2, -0.15) is 0 Å². The highest BCUT2D eigenvalue weighted by Crippen LogP contribution is 2.21. The van der Waals surface area contributed by atoms with E-state index in [9.17, 15) is 14.0 Å². The van der Waals surface area contributed by atoms with E-state index >= 15 is 0 Å². The summed E-state index contributed by atoms with van der Waals surface area (Å²) in [5, 5.41) is 2.68. The standard InChI is InChI=1S/C14H18BrFN2O3/c1-18(9-12(19)17-7-4-8-21-2)14(20)10-5-3-6-11(16)13(10)15/h3,5-6H,4,7-9H2,1-2H3,(H,17,19). The first-order valence-electron chi connectivity index (χ1n) is 6.42. The minimum Gasteiger partial charge on any atom is -0.385 e. The number of hydrogen-bond donors (Lipinski definition) is 1. The number of carbonyl (C=O) groups excluding carboxylic acids is 2. The van der Waals surface area contributed by atoms with E-state index in [0.717, 1.165) is 0 Å². The van der Waals surface area contributed by atoms with Crippen molar-refractivity contribution in [2.75, 3.05) is 33.9 Å². The molecule has 21 heavy (non-hydrogen) atoms. The second kappa shape index (κ2) is 8.74. The van der Waals surface area contributed by atoms with Crippen LogP contribution in [0.3, 0.4) is 0 Å². The van der Waals surface area contributed by atoms with E-state index in [2.05, 4.69) is 21.2 Å². The van der Waals surface area contributed by atoms with E-state index < -0.39 is 11.7 Å². The zero-order valence-corrected chi connectivity index (χ0v) is 13.6. The summed E-state index contributed by atoms with van der Waals surface area (Å²) >= 11 is 3.04. The van der Waals surface area contributed by atoms with Gasteiger partial charge in [-0.1, -0.05) is 6.07 Å². The van der Waals surface area contributed by atoms with E-state index in [1.54, 1.807) is 7.11 Å². The number of amides is 2. The Hall–Kier alpha value is -1.47. The Labute approximate surface area is 131 Å². The summed E-state index contributed by atoms with van der Waals surface area (Å²) in [5.74, 6) is -1.21. The lowest BCUT2D eigenvalue weighted by atomic mass is 10.2. The number of likely N-dealkylation sites (N-methyl/N-ethyl adjacent to an activating group) is 1. The topological polar surface area (TPSA) is 58.6 Å². The molecule has 1 N–H and O–H groups in total. The minimum absolute atomic E-state index is 0.0885. The summed E-state index contributed by atoms with van der Waals surface area (Å²) < 4.78 is 18.4. The molecule has 0 aliphatic carbocycles. The predicted molar refractivity (Wildman–Crippen MR) is 80.6 cm³/mol. The van der Waals surface area contributed by atoms with Crippen molar-refractivity contribution in [2.24, 2.45) is 0 Å². The number of carbonyl (C=O) groups is 2. The molecule has 2 amide bonds. The fourth-order valence-corrected chi connectivity index (χ4v) is 2.10. The van der Waals surface area contributed by atoms with Gasteiger partial charge in [-0.3, -0.25) is 9.59 Å². The number of nitrogens with zero attached hydrogens (tertiary/aromatic N) is 1. The Kier molecular flexibility index (Phi) is 7.31. The van der Waals surface area contributed by atoms with Gasteiger partial charge in [0.25, 0.3) is 5.91 Å². The van der Waals surface area contributed by atoms with Crippen LogP contribution in [0, 0.1) is 5.82 Å². The van der Waals surface area contributed by atoms with Gasteiger partial charge in [-0.25, -0.2) is 4.39 Å². The second-order valence-electron chi connectivity index (χ2n) is 4.46. The highest BCUT2D eigenvalue weighted by atomic mass is 79.9. The second-order valence-corrected chi connectivity index (χ2v) is 5.25. The van der Waals surface area contributed by atoms with Crippen molar-refractivity contribution in [2.45, 2.75) is 6.42 Å². The molecule has 0 heterocycles. The lowest BCUT2D eigenvalue weighted by molar-refractivity contribution is -0.121. The number of rotatable bonds is 7. The van der Waals surface area contributed by atoms with Crippen molar-refractivity contribution in [1.29, 1.82) is 0 Å². The smallest absolute Gasteiger partial charge is 0.255 e.